The fourth-order valence-corrected chi connectivity index (χ4v) is 5.83. The van der Waals surface area contributed by atoms with E-state index in [0.717, 1.165) is 57.1 Å². The minimum atomic E-state index is -1.17. The zero-order chi connectivity index (χ0) is 24.2. The highest BCUT2D eigenvalue weighted by molar-refractivity contribution is 7.82. The lowest BCUT2D eigenvalue weighted by atomic mass is 9.99. The number of amides is 1. The molecule has 7 heteroatoms. The zero-order valence-corrected chi connectivity index (χ0v) is 21.0. The Bertz CT molecular complexity index is 1190. The van der Waals surface area contributed by atoms with Crippen molar-refractivity contribution in [1.82, 2.24) is 14.1 Å². The van der Waals surface area contributed by atoms with Crippen molar-refractivity contribution in [3.8, 4) is 0 Å². The molecule has 1 fully saturated rings. The molecular formula is C28H32N4O2S. The molecule has 6 nitrogen and oxygen atoms in total. The molecular weight excluding hydrogens is 456 g/mol. The van der Waals surface area contributed by atoms with Crippen LogP contribution in [0.5, 0.6) is 0 Å². The van der Waals surface area contributed by atoms with Crippen LogP contribution >= 0.6 is 0 Å². The first-order valence-corrected chi connectivity index (χ1v) is 13.3. The van der Waals surface area contributed by atoms with Gasteiger partial charge in [0, 0.05) is 57.1 Å². The Balaban J connectivity index is 1.15. The van der Waals surface area contributed by atoms with Gasteiger partial charge in [0.05, 0.1) is 4.90 Å². The lowest BCUT2D eigenvalue weighted by Crippen LogP contribution is -2.45. The highest BCUT2D eigenvalue weighted by Gasteiger charge is 2.20. The summed E-state index contributed by atoms with van der Waals surface area (Å²) in [4.78, 5) is 18.2. The largest absolute Gasteiger partial charge is 0.322 e. The molecule has 0 radical (unpaired) electrons. The molecule has 182 valence electrons. The van der Waals surface area contributed by atoms with Gasteiger partial charge in [-0.3, -0.25) is 9.69 Å². The molecule has 2 aliphatic heterocycles. The quantitative estimate of drug-likeness (QED) is 0.574. The van der Waals surface area contributed by atoms with Crippen molar-refractivity contribution in [3.05, 3.63) is 95.1 Å². The van der Waals surface area contributed by atoms with E-state index in [4.69, 9.17) is 0 Å². The van der Waals surface area contributed by atoms with E-state index in [1.54, 1.807) is 0 Å². The second kappa shape index (κ2) is 10.8. The number of hydrogen-bond acceptors (Lipinski definition) is 4. The summed E-state index contributed by atoms with van der Waals surface area (Å²) < 4.78 is 14.8. The monoisotopic (exact) mass is 488 g/mol. The number of likely N-dealkylation sites (N-methyl/N-ethyl adjacent to an activating group) is 1. The summed E-state index contributed by atoms with van der Waals surface area (Å²) in [6, 6.07) is 23.8. The van der Waals surface area contributed by atoms with Crippen LogP contribution in [0.2, 0.25) is 0 Å². The first-order valence-electron chi connectivity index (χ1n) is 12.2. The fraction of sp³-hybridized carbons (Fsp3) is 0.321. The summed E-state index contributed by atoms with van der Waals surface area (Å²) in [5.41, 5.74) is 5.40. The molecule has 0 bridgehead atoms. The predicted molar refractivity (Wildman–Crippen MR) is 141 cm³/mol. The van der Waals surface area contributed by atoms with Crippen LogP contribution in [0.1, 0.15) is 27.0 Å². The number of fused-ring (bicyclic) bond motifs is 1. The molecule has 3 aromatic rings. The summed E-state index contributed by atoms with van der Waals surface area (Å²) in [7, 11) is 0.912. The van der Waals surface area contributed by atoms with Gasteiger partial charge in [0.25, 0.3) is 5.91 Å². The SMILES string of the molecule is CN1CCN(S(=O)c2ccc(NC(=O)c3ccc(CN4CCc5ccccc5C4)cc3)cc2)CC1. The van der Waals surface area contributed by atoms with E-state index in [-0.39, 0.29) is 5.91 Å². The van der Waals surface area contributed by atoms with E-state index in [0.29, 0.717) is 11.3 Å². The van der Waals surface area contributed by atoms with Gasteiger partial charge in [0.15, 0.2) is 0 Å². The summed E-state index contributed by atoms with van der Waals surface area (Å²) in [6.07, 6.45) is 1.08. The molecule has 1 amide bonds. The Morgan fingerprint density at radius 1 is 0.857 bits per heavy atom. The van der Waals surface area contributed by atoms with Gasteiger partial charge in [0.1, 0.15) is 11.0 Å². The molecule has 0 aromatic heterocycles. The Kier molecular flexibility index (Phi) is 7.39. The van der Waals surface area contributed by atoms with Gasteiger partial charge < -0.3 is 10.2 Å². The maximum atomic E-state index is 12.8. The van der Waals surface area contributed by atoms with Crippen molar-refractivity contribution < 1.29 is 9.00 Å². The van der Waals surface area contributed by atoms with Gasteiger partial charge in [-0.15, -0.1) is 0 Å². The number of rotatable bonds is 6. The van der Waals surface area contributed by atoms with Crippen LogP contribution in [0.3, 0.4) is 0 Å². The molecule has 1 N–H and O–H groups in total. The van der Waals surface area contributed by atoms with Crippen LogP contribution in [-0.4, -0.2) is 64.0 Å². The van der Waals surface area contributed by atoms with E-state index in [9.17, 15) is 9.00 Å². The van der Waals surface area contributed by atoms with Crippen molar-refractivity contribution >= 4 is 22.6 Å². The number of nitrogens with one attached hydrogen (secondary N) is 1. The Hall–Kier alpha value is -2.84. The van der Waals surface area contributed by atoms with Crippen molar-refractivity contribution in [2.75, 3.05) is 45.1 Å². The Labute approximate surface area is 210 Å². The molecule has 2 aliphatic rings. The summed E-state index contributed by atoms with van der Waals surface area (Å²) in [5.74, 6) is -0.142. The van der Waals surface area contributed by atoms with Crippen LogP contribution in [0.4, 0.5) is 5.69 Å². The average Bonchev–Trinajstić information content (AvgIpc) is 2.89. The molecule has 1 atom stereocenters. The molecule has 1 unspecified atom stereocenters. The maximum Gasteiger partial charge on any atom is 0.255 e. The number of benzene rings is 3. The van der Waals surface area contributed by atoms with E-state index < -0.39 is 11.0 Å². The summed E-state index contributed by atoms with van der Waals surface area (Å²) >= 11 is 0. The van der Waals surface area contributed by atoms with Crippen LogP contribution in [0, 0.1) is 0 Å². The smallest absolute Gasteiger partial charge is 0.255 e. The molecule has 0 spiro atoms. The molecule has 5 rings (SSSR count). The third-order valence-corrected chi connectivity index (χ3v) is 8.35. The van der Waals surface area contributed by atoms with E-state index >= 15 is 0 Å². The average molecular weight is 489 g/mol. The van der Waals surface area contributed by atoms with Crippen LogP contribution in [0.25, 0.3) is 0 Å². The van der Waals surface area contributed by atoms with Gasteiger partial charge in [-0.05, 0) is 66.6 Å². The van der Waals surface area contributed by atoms with Crippen LogP contribution < -0.4 is 5.32 Å². The molecule has 0 aliphatic carbocycles. The van der Waals surface area contributed by atoms with Crippen molar-refractivity contribution in [1.29, 1.82) is 0 Å². The highest BCUT2D eigenvalue weighted by Crippen LogP contribution is 2.21. The van der Waals surface area contributed by atoms with Crippen molar-refractivity contribution in [2.24, 2.45) is 0 Å². The van der Waals surface area contributed by atoms with E-state index in [1.165, 1.54) is 16.7 Å². The van der Waals surface area contributed by atoms with Crippen LogP contribution in [-0.2, 0) is 30.5 Å². The second-order valence-corrected chi connectivity index (χ2v) is 10.9. The molecule has 3 aromatic carbocycles. The number of carbonyl (C=O) groups excluding carboxylic acids is 1. The van der Waals surface area contributed by atoms with Crippen molar-refractivity contribution in [3.63, 3.8) is 0 Å². The molecule has 0 saturated carbocycles. The van der Waals surface area contributed by atoms with Gasteiger partial charge in [-0.2, -0.15) is 0 Å². The second-order valence-electron chi connectivity index (χ2n) is 9.39. The minimum Gasteiger partial charge on any atom is -0.322 e. The summed E-state index contributed by atoms with van der Waals surface area (Å²) in [5, 5.41) is 2.95. The lowest BCUT2D eigenvalue weighted by Gasteiger charge is -2.31. The Morgan fingerprint density at radius 2 is 1.54 bits per heavy atom. The topological polar surface area (TPSA) is 55.9 Å². The first kappa shape index (κ1) is 23.9. The number of piperazine rings is 1. The molecule has 35 heavy (non-hydrogen) atoms. The maximum absolute atomic E-state index is 12.8. The van der Waals surface area contributed by atoms with Gasteiger partial charge >= 0.3 is 0 Å². The van der Waals surface area contributed by atoms with Gasteiger partial charge in [-0.25, -0.2) is 8.51 Å². The zero-order valence-electron chi connectivity index (χ0n) is 20.2. The molecule has 1 saturated heterocycles. The lowest BCUT2D eigenvalue weighted by molar-refractivity contribution is 0.102. The Morgan fingerprint density at radius 3 is 2.26 bits per heavy atom. The number of carbonyl (C=O) groups is 1. The third-order valence-electron chi connectivity index (χ3n) is 6.84. The number of nitrogens with zero attached hydrogens (tertiary/aromatic N) is 3. The van der Waals surface area contributed by atoms with Crippen molar-refractivity contribution in [2.45, 2.75) is 24.4 Å². The van der Waals surface area contributed by atoms with Gasteiger partial charge in [0.2, 0.25) is 0 Å². The summed E-state index contributed by atoms with van der Waals surface area (Å²) in [6.45, 7) is 6.32. The minimum absolute atomic E-state index is 0.142. The third kappa shape index (κ3) is 5.87. The standard InChI is InChI=1S/C28H32N4O2S/c1-30-16-18-32(19-17-30)35(34)27-12-10-26(11-13-27)29-28(33)24-8-6-22(7-9-24)20-31-15-14-23-4-2-3-5-25(23)21-31/h2-13H,14-21H2,1H3,(H,29,33). The number of hydrogen-bond donors (Lipinski definition) is 1. The van der Waals surface area contributed by atoms with Crippen LogP contribution in [0.15, 0.2) is 77.7 Å². The molecule has 2 heterocycles. The fourth-order valence-electron chi connectivity index (χ4n) is 4.67. The first-order chi connectivity index (χ1) is 17.0. The predicted octanol–water partition coefficient (Wildman–Crippen LogP) is 3.77. The highest BCUT2D eigenvalue weighted by atomic mass is 32.2. The van der Waals surface area contributed by atoms with E-state index in [2.05, 4.69) is 46.4 Å². The number of anilines is 1. The van der Waals surface area contributed by atoms with Gasteiger partial charge in [-0.1, -0.05) is 36.4 Å². The normalized spacial score (nSPS) is 18.1. The van der Waals surface area contributed by atoms with E-state index in [1.807, 2.05) is 52.8 Å².